The number of halogens is 2. The highest BCUT2D eigenvalue weighted by Gasteiger charge is 2.19. The summed E-state index contributed by atoms with van der Waals surface area (Å²) in [5, 5.41) is 0.0252. The Labute approximate surface area is 201 Å². The summed E-state index contributed by atoms with van der Waals surface area (Å²) < 4.78 is 32.2. The number of fused-ring (bicyclic) bond motifs is 1. The highest BCUT2D eigenvalue weighted by Crippen LogP contribution is 2.21. The van der Waals surface area contributed by atoms with E-state index in [9.17, 15) is 14.0 Å². The summed E-state index contributed by atoms with van der Waals surface area (Å²) in [6.45, 7) is 2.84. The molecule has 3 heterocycles. The molecule has 1 atom stereocenters. The zero-order chi connectivity index (χ0) is 24.1. The quantitative estimate of drug-likeness (QED) is 0.439. The largest absolute Gasteiger partial charge is 0.462 e. The minimum Gasteiger partial charge on any atom is -0.462 e. The Kier molecular flexibility index (Phi) is 7.92. The van der Waals surface area contributed by atoms with Crippen LogP contribution in [0.15, 0.2) is 41.5 Å². The van der Waals surface area contributed by atoms with Crippen LogP contribution in [0.25, 0.3) is 5.65 Å². The van der Waals surface area contributed by atoms with E-state index in [1.54, 1.807) is 31.5 Å². The lowest BCUT2D eigenvalue weighted by molar-refractivity contribution is -0.161. The maximum Gasteiger partial charge on any atom is 0.343 e. The van der Waals surface area contributed by atoms with Crippen molar-refractivity contribution in [3.05, 3.63) is 80.1 Å². The Balaban J connectivity index is 1.67. The Bertz CT molecular complexity index is 1240. The molecular formula is C25H26ClFN2O5. The third-order valence-corrected chi connectivity index (χ3v) is 5.96. The van der Waals surface area contributed by atoms with Crippen LogP contribution < -0.4 is 5.56 Å². The summed E-state index contributed by atoms with van der Waals surface area (Å²) in [6, 6.07) is 6.28. The average Bonchev–Trinajstić information content (AvgIpc) is 2.84. The van der Waals surface area contributed by atoms with Crippen LogP contribution in [-0.4, -0.2) is 41.5 Å². The van der Waals surface area contributed by atoms with Crippen molar-refractivity contribution in [1.29, 1.82) is 0 Å². The lowest BCUT2D eigenvalue weighted by Gasteiger charge is -2.22. The SMILES string of the molecule is CCOC(=O)c1cc(CCOC2CCCCO2)c2ncc(Cc3cccc(Cl)c3F)cn2c1=O. The first kappa shape index (κ1) is 24.3. The number of esters is 1. The second-order valence-electron chi connectivity index (χ2n) is 8.07. The molecular weight excluding hydrogens is 463 g/mol. The van der Waals surface area contributed by atoms with Gasteiger partial charge in [0.05, 0.1) is 18.2 Å². The Morgan fingerprint density at radius 3 is 2.94 bits per heavy atom. The molecule has 0 N–H and O–H groups in total. The topological polar surface area (TPSA) is 79.1 Å². The number of carbonyl (C=O) groups excluding carboxylic acids is 1. The summed E-state index contributed by atoms with van der Waals surface area (Å²) in [4.78, 5) is 30.1. The van der Waals surface area contributed by atoms with E-state index in [-0.39, 0.29) is 29.9 Å². The van der Waals surface area contributed by atoms with Crippen LogP contribution in [0.4, 0.5) is 4.39 Å². The van der Waals surface area contributed by atoms with E-state index in [0.717, 1.165) is 19.3 Å². The number of hydrogen-bond donors (Lipinski definition) is 0. The molecule has 1 fully saturated rings. The number of rotatable bonds is 8. The molecule has 4 rings (SSSR count). The molecule has 3 aromatic rings. The zero-order valence-corrected chi connectivity index (χ0v) is 19.6. The minimum absolute atomic E-state index is 0.0252. The number of aromatic nitrogens is 2. The van der Waals surface area contributed by atoms with Gasteiger partial charge in [-0.15, -0.1) is 0 Å². The first-order valence-electron chi connectivity index (χ1n) is 11.3. The molecule has 1 aliphatic rings. The Morgan fingerprint density at radius 1 is 1.32 bits per heavy atom. The van der Waals surface area contributed by atoms with Crippen LogP contribution in [-0.2, 0) is 27.1 Å². The number of ether oxygens (including phenoxy) is 3. The fourth-order valence-electron chi connectivity index (χ4n) is 3.97. The molecule has 0 radical (unpaired) electrons. The van der Waals surface area contributed by atoms with E-state index < -0.39 is 17.3 Å². The van der Waals surface area contributed by atoms with E-state index >= 15 is 0 Å². The van der Waals surface area contributed by atoms with Gasteiger partial charge in [0.25, 0.3) is 5.56 Å². The summed E-state index contributed by atoms with van der Waals surface area (Å²) in [6.07, 6.45) is 6.44. The average molecular weight is 489 g/mol. The predicted molar refractivity (Wildman–Crippen MR) is 125 cm³/mol. The van der Waals surface area contributed by atoms with Gasteiger partial charge in [-0.1, -0.05) is 23.7 Å². The summed E-state index contributed by atoms with van der Waals surface area (Å²) in [7, 11) is 0. The van der Waals surface area contributed by atoms with E-state index in [2.05, 4.69) is 4.98 Å². The van der Waals surface area contributed by atoms with Crippen molar-refractivity contribution >= 4 is 23.2 Å². The molecule has 0 amide bonds. The van der Waals surface area contributed by atoms with Crippen LogP contribution in [0, 0.1) is 5.82 Å². The molecule has 1 aliphatic heterocycles. The fraction of sp³-hybridized carbons (Fsp3) is 0.400. The van der Waals surface area contributed by atoms with E-state index in [4.69, 9.17) is 25.8 Å². The lowest BCUT2D eigenvalue weighted by atomic mass is 10.1. The van der Waals surface area contributed by atoms with Crippen molar-refractivity contribution in [2.24, 2.45) is 0 Å². The van der Waals surface area contributed by atoms with Gasteiger partial charge in [0.15, 0.2) is 6.29 Å². The van der Waals surface area contributed by atoms with Gasteiger partial charge in [-0.25, -0.2) is 14.2 Å². The van der Waals surface area contributed by atoms with Crippen molar-refractivity contribution in [3.63, 3.8) is 0 Å². The zero-order valence-electron chi connectivity index (χ0n) is 18.9. The van der Waals surface area contributed by atoms with Crippen LogP contribution in [0.3, 0.4) is 0 Å². The smallest absolute Gasteiger partial charge is 0.343 e. The van der Waals surface area contributed by atoms with Gasteiger partial charge >= 0.3 is 5.97 Å². The van der Waals surface area contributed by atoms with Gasteiger partial charge in [0.2, 0.25) is 0 Å². The van der Waals surface area contributed by atoms with Crippen molar-refractivity contribution in [2.45, 2.75) is 45.3 Å². The lowest BCUT2D eigenvalue weighted by Crippen LogP contribution is -2.26. The minimum atomic E-state index is -0.703. The Morgan fingerprint density at radius 2 is 2.18 bits per heavy atom. The van der Waals surface area contributed by atoms with Gasteiger partial charge in [0.1, 0.15) is 17.0 Å². The van der Waals surface area contributed by atoms with E-state index in [1.165, 1.54) is 16.5 Å². The molecule has 1 saturated heterocycles. The summed E-state index contributed by atoms with van der Waals surface area (Å²) >= 11 is 5.89. The highest BCUT2D eigenvalue weighted by molar-refractivity contribution is 6.30. The Hall–Kier alpha value is -2.81. The normalized spacial score (nSPS) is 16.0. The standard InChI is InChI=1S/C25H26ClFN2O5/c1-2-32-25(31)19-13-18(9-11-34-21-8-3-4-10-33-21)23-28-14-16(15-29(23)24(19)30)12-17-6-5-7-20(26)22(17)27/h5-7,13-15,21H,2-4,8-12H2,1H3. The van der Waals surface area contributed by atoms with Crippen LogP contribution in [0.2, 0.25) is 5.02 Å². The van der Waals surface area contributed by atoms with Crippen molar-refractivity contribution < 1.29 is 23.4 Å². The monoisotopic (exact) mass is 488 g/mol. The second-order valence-corrected chi connectivity index (χ2v) is 8.48. The summed E-state index contributed by atoms with van der Waals surface area (Å²) in [5.41, 5.74) is 1.41. The molecule has 180 valence electrons. The van der Waals surface area contributed by atoms with E-state index in [1.807, 2.05) is 0 Å². The maximum absolute atomic E-state index is 14.4. The molecule has 0 saturated carbocycles. The molecule has 0 bridgehead atoms. The maximum atomic E-state index is 14.4. The second kappa shape index (κ2) is 11.1. The molecule has 0 aliphatic carbocycles. The third-order valence-electron chi connectivity index (χ3n) is 5.67. The third kappa shape index (κ3) is 5.46. The molecule has 0 spiro atoms. The highest BCUT2D eigenvalue weighted by atomic mass is 35.5. The van der Waals surface area contributed by atoms with E-state index in [0.29, 0.717) is 42.0 Å². The van der Waals surface area contributed by atoms with Crippen LogP contribution in [0.1, 0.15) is 53.2 Å². The molecule has 7 nitrogen and oxygen atoms in total. The fourth-order valence-corrected chi connectivity index (χ4v) is 4.16. The molecule has 9 heteroatoms. The van der Waals surface area contributed by atoms with Gasteiger partial charge in [0, 0.05) is 25.4 Å². The van der Waals surface area contributed by atoms with Gasteiger partial charge < -0.3 is 14.2 Å². The van der Waals surface area contributed by atoms with Crippen molar-refractivity contribution in [2.75, 3.05) is 19.8 Å². The summed E-state index contributed by atoms with van der Waals surface area (Å²) in [5.74, 6) is -1.22. The predicted octanol–water partition coefficient (Wildman–Crippen LogP) is 4.34. The van der Waals surface area contributed by atoms with Crippen molar-refractivity contribution in [1.82, 2.24) is 9.38 Å². The molecule has 1 unspecified atom stereocenters. The van der Waals surface area contributed by atoms with Gasteiger partial charge in [-0.3, -0.25) is 9.20 Å². The number of carbonyl (C=O) groups is 1. The first-order chi connectivity index (χ1) is 16.5. The van der Waals surface area contributed by atoms with Crippen LogP contribution in [0.5, 0.6) is 0 Å². The van der Waals surface area contributed by atoms with Crippen molar-refractivity contribution in [3.8, 4) is 0 Å². The number of hydrogen-bond acceptors (Lipinski definition) is 6. The van der Waals surface area contributed by atoms with Gasteiger partial charge in [-0.05, 0) is 61.4 Å². The first-order valence-corrected chi connectivity index (χ1v) is 11.7. The van der Waals surface area contributed by atoms with Crippen LogP contribution >= 0.6 is 11.6 Å². The number of pyridine rings is 1. The molecule has 34 heavy (non-hydrogen) atoms. The number of benzene rings is 1. The van der Waals surface area contributed by atoms with Gasteiger partial charge in [-0.2, -0.15) is 0 Å². The number of nitrogens with zero attached hydrogens (tertiary/aromatic N) is 2. The molecule has 2 aromatic heterocycles. The molecule has 1 aromatic carbocycles.